The summed E-state index contributed by atoms with van der Waals surface area (Å²) in [4.78, 5) is 11.0. The summed E-state index contributed by atoms with van der Waals surface area (Å²) in [6, 6.07) is 0. The Morgan fingerprint density at radius 3 is 1.76 bits per heavy atom. The van der Waals surface area contributed by atoms with E-state index in [4.69, 9.17) is 9.78 Å². The van der Waals surface area contributed by atoms with Crippen molar-refractivity contribution < 1.29 is 9.78 Å². The van der Waals surface area contributed by atoms with Gasteiger partial charge in [-0.1, -0.05) is 33.6 Å². The fourth-order valence-corrected chi connectivity index (χ4v) is 1.83. The smallest absolute Gasteiger partial charge is 0.0982 e. The zero-order valence-corrected chi connectivity index (χ0v) is 13.1. The van der Waals surface area contributed by atoms with E-state index in [0.717, 1.165) is 12.3 Å². The Hall–Kier alpha value is -0.0800. The molecule has 0 fully saturated rings. The second-order valence-electron chi connectivity index (χ2n) is 7.32. The van der Waals surface area contributed by atoms with Crippen LogP contribution in [-0.2, 0) is 9.78 Å². The van der Waals surface area contributed by atoms with Gasteiger partial charge in [-0.25, -0.2) is 9.78 Å². The van der Waals surface area contributed by atoms with Crippen LogP contribution < -0.4 is 0 Å². The Balaban J connectivity index is 3.98. The van der Waals surface area contributed by atoms with Crippen molar-refractivity contribution >= 4 is 0 Å². The minimum atomic E-state index is -0.238. The van der Waals surface area contributed by atoms with Gasteiger partial charge in [0, 0.05) is 0 Å². The van der Waals surface area contributed by atoms with Crippen LogP contribution in [0.2, 0.25) is 0 Å². The molecule has 2 nitrogen and oxygen atoms in total. The molecule has 0 aliphatic rings. The number of rotatable bonds is 7. The predicted octanol–water partition coefficient (Wildman–Crippen LogP) is 4.97. The van der Waals surface area contributed by atoms with Crippen LogP contribution in [0.5, 0.6) is 0 Å². The molecule has 0 spiro atoms. The topological polar surface area (TPSA) is 18.5 Å². The average molecular weight is 244 g/mol. The van der Waals surface area contributed by atoms with E-state index in [0.29, 0.717) is 5.92 Å². The van der Waals surface area contributed by atoms with E-state index in [2.05, 4.69) is 34.6 Å². The molecule has 0 amide bonds. The van der Waals surface area contributed by atoms with Gasteiger partial charge < -0.3 is 0 Å². The van der Waals surface area contributed by atoms with Crippen molar-refractivity contribution in [2.75, 3.05) is 0 Å². The van der Waals surface area contributed by atoms with Crippen LogP contribution in [0.15, 0.2) is 0 Å². The molecular formula is C15H32O2. The zero-order valence-electron chi connectivity index (χ0n) is 13.1. The highest BCUT2D eigenvalue weighted by molar-refractivity contribution is 4.71. The highest BCUT2D eigenvalue weighted by Crippen LogP contribution is 2.26. The highest BCUT2D eigenvalue weighted by atomic mass is 17.2. The molecule has 0 aromatic carbocycles. The lowest BCUT2D eigenvalue weighted by atomic mass is 9.89. The van der Waals surface area contributed by atoms with Gasteiger partial charge in [-0.3, -0.25) is 0 Å². The van der Waals surface area contributed by atoms with Crippen LogP contribution in [0.4, 0.5) is 0 Å². The zero-order chi connectivity index (χ0) is 13.7. The van der Waals surface area contributed by atoms with Gasteiger partial charge in [0.05, 0.1) is 11.2 Å². The summed E-state index contributed by atoms with van der Waals surface area (Å²) in [6.45, 7) is 17.1. The van der Waals surface area contributed by atoms with Crippen LogP contribution in [-0.4, -0.2) is 11.2 Å². The van der Waals surface area contributed by atoms with Crippen molar-refractivity contribution in [2.45, 2.75) is 85.9 Å². The third-order valence-corrected chi connectivity index (χ3v) is 2.59. The first-order valence-electron chi connectivity index (χ1n) is 6.89. The van der Waals surface area contributed by atoms with Crippen molar-refractivity contribution in [3.05, 3.63) is 0 Å². The van der Waals surface area contributed by atoms with Crippen molar-refractivity contribution in [1.82, 2.24) is 0 Å². The molecule has 0 heterocycles. The fourth-order valence-electron chi connectivity index (χ4n) is 1.83. The maximum absolute atomic E-state index is 5.57. The van der Waals surface area contributed by atoms with Crippen LogP contribution in [0.1, 0.15) is 74.7 Å². The number of hydrogen-bond acceptors (Lipinski definition) is 2. The molecule has 17 heavy (non-hydrogen) atoms. The summed E-state index contributed by atoms with van der Waals surface area (Å²) in [5.41, 5.74) is -0.442. The van der Waals surface area contributed by atoms with Gasteiger partial charge in [-0.2, -0.15) is 0 Å². The summed E-state index contributed by atoms with van der Waals surface area (Å²) in [6.07, 6.45) is 3.59. The highest BCUT2D eigenvalue weighted by Gasteiger charge is 2.26. The normalized spacial score (nSPS) is 15.4. The van der Waals surface area contributed by atoms with Gasteiger partial charge in [0.15, 0.2) is 0 Å². The van der Waals surface area contributed by atoms with E-state index < -0.39 is 0 Å². The van der Waals surface area contributed by atoms with E-state index in [9.17, 15) is 0 Å². The van der Waals surface area contributed by atoms with Crippen LogP contribution in [0.25, 0.3) is 0 Å². The molecule has 0 aliphatic carbocycles. The average Bonchev–Trinajstić information content (AvgIpc) is 2.10. The van der Waals surface area contributed by atoms with Gasteiger partial charge in [0.25, 0.3) is 0 Å². The SMILES string of the molecule is CC(C)CCC(C)CC(C)(C)OOC(C)(C)C. The van der Waals surface area contributed by atoms with E-state index in [1.54, 1.807) is 0 Å². The summed E-state index contributed by atoms with van der Waals surface area (Å²) in [7, 11) is 0. The van der Waals surface area contributed by atoms with E-state index in [1.165, 1.54) is 12.8 Å². The van der Waals surface area contributed by atoms with Crippen molar-refractivity contribution in [1.29, 1.82) is 0 Å². The third kappa shape index (κ3) is 10.8. The molecule has 2 heteroatoms. The summed E-state index contributed by atoms with van der Waals surface area (Å²) in [5, 5.41) is 0. The maximum atomic E-state index is 5.57. The summed E-state index contributed by atoms with van der Waals surface area (Å²) < 4.78 is 0. The van der Waals surface area contributed by atoms with Gasteiger partial charge in [-0.05, 0) is 52.9 Å². The molecular weight excluding hydrogens is 212 g/mol. The lowest BCUT2D eigenvalue weighted by Gasteiger charge is -2.30. The van der Waals surface area contributed by atoms with Crippen LogP contribution in [0, 0.1) is 11.8 Å². The first-order chi connectivity index (χ1) is 7.52. The Morgan fingerprint density at radius 2 is 1.35 bits per heavy atom. The van der Waals surface area contributed by atoms with Crippen LogP contribution >= 0.6 is 0 Å². The lowest BCUT2D eigenvalue weighted by molar-refractivity contribution is -0.399. The Morgan fingerprint density at radius 1 is 0.824 bits per heavy atom. The molecule has 104 valence electrons. The maximum Gasteiger partial charge on any atom is 0.0982 e. The van der Waals surface area contributed by atoms with Gasteiger partial charge in [-0.15, -0.1) is 0 Å². The number of hydrogen-bond donors (Lipinski definition) is 0. The molecule has 0 saturated heterocycles. The van der Waals surface area contributed by atoms with Crippen molar-refractivity contribution in [3.63, 3.8) is 0 Å². The molecule has 0 aromatic rings. The lowest BCUT2D eigenvalue weighted by Crippen LogP contribution is -2.32. The van der Waals surface area contributed by atoms with Crippen molar-refractivity contribution in [3.8, 4) is 0 Å². The van der Waals surface area contributed by atoms with Gasteiger partial charge >= 0.3 is 0 Å². The first kappa shape index (κ1) is 16.9. The van der Waals surface area contributed by atoms with E-state index >= 15 is 0 Å². The quantitative estimate of drug-likeness (QED) is 0.465. The Kier molecular flexibility index (Phi) is 6.71. The summed E-state index contributed by atoms with van der Waals surface area (Å²) in [5.74, 6) is 1.46. The minimum absolute atomic E-state index is 0.205. The molecule has 0 aromatic heterocycles. The fraction of sp³-hybridized carbons (Fsp3) is 1.00. The van der Waals surface area contributed by atoms with Gasteiger partial charge in [0.1, 0.15) is 0 Å². The Labute approximate surface area is 108 Å². The largest absolute Gasteiger partial charge is 0.230 e. The third-order valence-electron chi connectivity index (χ3n) is 2.59. The Bertz CT molecular complexity index is 201. The van der Waals surface area contributed by atoms with Crippen LogP contribution in [0.3, 0.4) is 0 Å². The van der Waals surface area contributed by atoms with E-state index in [1.807, 2.05) is 20.8 Å². The molecule has 1 unspecified atom stereocenters. The molecule has 0 rings (SSSR count). The summed E-state index contributed by atoms with van der Waals surface area (Å²) >= 11 is 0. The predicted molar refractivity (Wildman–Crippen MR) is 73.9 cm³/mol. The van der Waals surface area contributed by atoms with E-state index in [-0.39, 0.29) is 11.2 Å². The molecule has 0 saturated carbocycles. The molecule has 1 atom stereocenters. The first-order valence-corrected chi connectivity index (χ1v) is 6.89. The molecule has 0 radical (unpaired) electrons. The molecule has 0 bridgehead atoms. The monoisotopic (exact) mass is 244 g/mol. The minimum Gasteiger partial charge on any atom is -0.230 e. The second-order valence-corrected chi connectivity index (χ2v) is 7.32. The standard InChI is InChI=1S/C15H32O2/c1-12(2)9-10-13(3)11-15(7,8)17-16-14(4,5)6/h12-13H,9-11H2,1-8H3. The van der Waals surface area contributed by atoms with Gasteiger partial charge in [0.2, 0.25) is 0 Å². The second kappa shape index (κ2) is 6.75. The van der Waals surface area contributed by atoms with Crippen molar-refractivity contribution in [2.24, 2.45) is 11.8 Å². The molecule has 0 N–H and O–H groups in total. The molecule has 0 aliphatic heterocycles.